The van der Waals surface area contributed by atoms with Crippen molar-refractivity contribution in [3.63, 3.8) is 0 Å². The number of aliphatic hydroxyl groups excluding tert-OH is 1. The van der Waals surface area contributed by atoms with Gasteiger partial charge in [-0.3, -0.25) is 0 Å². The molecule has 3 heteroatoms. The predicted octanol–water partition coefficient (Wildman–Crippen LogP) is 0.337. The van der Waals surface area contributed by atoms with Gasteiger partial charge in [-0.2, -0.15) is 0 Å². The van der Waals surface area contributed by atoms with Crippen LogP contribution in [0.3, 0.4) is 0 Å². The van der Waals surface area contributed by atoms with E-state index in [9.17, 15) is 0 Å². The molecule has 2 aliphatic heterocycles. The van der Waals surface area contributed by atoms with Crippen molar-refractivity contribution >= 4 is 0 Å². The van der Waals surface area contributed by atoms with Crippen LogP contribution in [0.4, 0.5) is 0 Å². The van der Waals surface area contributed by atoms with Crippen LogP contribution in [0.25, 0.3) is 0 Å². The van der Waals surface area contributed by atoms with E-state index in [2.05, 4.69) is 4.90 Å². The van der Waals surface area contributed by atoms with Crippen molar-refractivity contribution in [2.75, 3.05) is 39.5 Å². The van der Waals surface area contributed by atoms with Gasteiger partial charge >= 0.3 is 0 Å². The maximum atomic E-state index is 8.99. The summed E-state index contributed by atoms with van der Waals surface area (Å²) in [6.45, 7) is 5.69. The molecule has 0 aromatic rings. The largest absolute Gasteiger partial charge is 0.396 e. The van der Waals surface area contributed by atoms with E-state index in [0.717, 1.165) is 25.7 Å². The lowest BCUT2D eigenvalue weighted by Crippen LogP contribution is -2.28. The zero-order valence-corrected chi connectivity index (χ0v) is 8.11. The van der Waals surface area contributed by atoms with E-state index in [-0.39, 0.29) is 0 Å². The standard InChI is InChI=1S/C10H19NO2/c12-7-9-1-3-11(5-9)6-10-2-4-13-8-10/h9-10,12H,1-8H2. The molecule has 0 spiro atoms. The first kappa shape index (κ1) is 9.44. The number of nitrogens with zero attached hydrogens (tertiary/aromatic N) is 1. The zero-order valence-electron chi connectivity index (χ0n) is 8.11. The molecule has 2 rings (SSSR count). The summed E-state index contributed by atoms with van der Waals surface area (Å²) in [5.41, 5.74) is 0. The van der Waals surface area contributed by atoms with Gasteiger partial charge in [0.2, 0.25) is 0 Å². The fourth-order valence-electron chi connectivity index (χ4n) is 2.32. The van der Waals surface area contributed by atoms with Crippen molar-refractivity contribution < 1.29 is 9.84 Å². The molecule has 1 N–H and O–H groups in total. The van der Waals surface area contributed by atoms with Gasteiger partial charge in [-0.1, -0.05) is 0 Å². The quantitative estimate of drug-likeness (QED) is 0.688. The minimum absolute atomic E-state index is 0.359. The third-order valence-corrected chi connectivity index (χ3v) is 3.17. The molecule has 0 amide bonds. The SMILES string of the molecule is OCC1CCN(CC2CCOC2)C1. The van der Waals surface area contributed by atoms with E-state index >= 15 is 0 Å². The van der Waals surface area contributed by atoms with Crippen molar-refractivity contribution in [1.29, 1.82) is 0 Å². The van der Waals surface area contributed by atoms with Gasteiger partial charge in [-0.05, 0) is 31.2 Å². The van der Waals surface area contributed by atoms with E-state index in [1.54, 1.807) is 0 Å². The van der Waals surface area contributed by atoms with Gasteiger partial charge in [-0.25, -0.2) is 0 Å². The Labute approximate surface area is 79.7 Å². The molecule has 0 bridgehead atoms. The zero-order chi connectivity index (χ0) is 9.10. The molecule has 0 aromatic heterocycles. The van der Waals surface area contributed by atoms with Crippen LogP contribution in [0.1, 0.15) is 12.8 Å². The number of rotatable bonds is 3. The minimum Gasteiger partial charge on any atom is -0.396 e. The second kappa shape index (κ2) is 4.40. The average molecular weight is 185 g/mol. The van der Waals surface area contributed by atoms with Crippen LogP contribution >= 0.6 is 0 Å². The van der Waals surface area contributed by atoms with Crippen LogP contribution in [-0.2, 0) is 4.74 Å². The van der Waals surface area contributed by atoms with Crippen LogP contribution in [0.5, 0.6) is 0 Å². The van der Waals surface area contributed by atoms with E-state index in [1.165, 1.54) is 25.9 Å². The third-order valence-electron chi connectivity index (χ3n) is 3.17. The highest BCUT2D eigenvalue weighted by Crippen LogP contribution is 2.20. The van der Waals surface area contributed by atoms with E-state index in [4.69, 9.17) is 9.84 Å². The Morgan fingerprint density at radius 3 is 2.85 bits per heavy atom. The minimum atomic E-state index is 0.359. The lowest BCUT2D eigenvalue weighted by Gasteiger charge is -2.18. The molecular formula is C10H19NO2. The molecule has 0 aromatic carbocycles. The Morgan fingerprint density at radius 2 is 2.23 bits per heavy atom. The Kier molecular flexibility index (Phi) is 3.19. The highest BCUT2D eigenvalue weighted by atomic mass is 16.5. The topological polar surface area (TPSA) is 32.7 Å². The van der Waals surface area contributed by atoms with Crippen LogP contribution in [0.15, 0.2) is 0 Å². The molecule has 2 aliphatic rings. The van der Waals surface area contributed by atoms with Crippen molar-refractivity contribution in [3.8, 4) is 0 Å². The van der Waals surface area contributed by atoms with E-state index < -0.39 is 0 Å². The fourth-order valence-corrected chi connectivity index (χ4v) is 2.32. The first-order chi connectivity index (χ1) is 6.38. The Hall–Kier alpha value is -0.120. The molecule has 3 nitrogen and oxygen atoms in total. The highest BCUT2D eigenvalue weighted by molar-refractivity contribution is 4.78. The van der Waals surface area contributed by atoms with Gasteiger partial charge in [0.25, 0.3) is 0 Å². The maximum absolute atomic E-state index is 8.99. The Balaban J connectivity index is 1.70. The van der Waals surface area contributed by atoms with Crippen molar-refractivity contribution in [2.24, 2.45) is 11.8 Å². The molecule has 2 heterocycles. The lowest BCUT2D eigenvalue weighted by atomic mass is 10.1. The molecule has 2 saturated heterocycles. The first-order valence-corrected chi connectivity index (χ1v) is 5.29. The maximum Gasteiger partial charge on any atom is 0.0507 e. The Morgan fingerprint density at radius 1 is 1.31 bits per heavy atom. The second-order valence-electron chi connectivity index (χ2n) is 4.33. The van der Waals surface area contributed by atoms with Crippen LogP contribution in [-0.4, -0.2) is 49.5 Å². The smallest absolute Gasteiger partial charge is 0.0507 e. The summed E-state index contributed by atoms with van der Waals surface area (Å²) in [5, 5.41) is 8.99. The highest BCUT2D eigenvalue weighted by Gasteiger charge is 2.25. The van der Waals surface area contributed by atoms with Gasteiger partial charge in [-0.15, -0.1) is 0 Å². The lowest BCUT2D eigenvalue weighted by molar-refractivity contribution is 0.170. The molecule has 2 unspecified atom stereocenters. The predicted molar refractivity (Wildman–Crippen MR) is 50.6 cm³/mol. The summed E-state index contributed by atoms with van der Waals surface area (Å²) in [6, 6.07) is 0. The number of hydrogen-bond acceptors (Lipinski definition) is 3. The average Bonchev–Trinajstić information content (AvgIpc) is 2.76. The summed E-state index contributed by atoms with van der Waals surface area (Å²) < 4.78 is 5.34. The van der Waals surface area contributed by atoms with Gasteiger partial charge in [0, 0.05) is 26.3 Å². The van der Waals surface area contributed by atoms with Crippen LogP contribution < -0.4 is 0 Å². The van der Waals surface area contributed by atoms with Crippen molar-refractivity contribution in [1.82, 2.24) is 4.90 Å². The molecule has 2 fully saturated rings. The number of ether oxygens (including phenoxy) is 1. The molecule has 0 radical (unpaired) electrons. The van der Waals surface area contributed by atoms with Gasteiger partial charge < -0.3 is 14.7 Å². The van der Waals surface area contributed by atoms with Gasteiger partial charge in [0.15, 0.2) is 0 Å². The summed E-state index contributed by atoms with van der Waals surface area (Å²) >= 11 is 0. The summed E-state index contributed by atoms with van der Waals surface area (Å²) in [7, 11) is 0. The first-order valence-electron chi connectivity index (χ1n) is 5.29. The van der Waals surface area contributed by atoms with Crippen molar-refractivity contribution in [2.45, 2.75) is 12.8 Å². The molecule has 0 saturated carbocycles. The second-order valence-corrected chi connectivity index (χ2v) is 4.33. The monoisotopic (exact) mass is 185 g/mol. The normalized spacial score (nSPS) is 35.8. The Bertz CT molecular complexity index is 157. The number of hydrogen-bond donors (Lipinski definition) is 1. The van der Waals surface area contributed by atoms with Crippen LogP contribution in [0.2, 0.25) is 0 Å². The summed E-state index contributed by atoms with van der Waals surface area (Å²) in [6.07, 6.45) is 2.39. The van der Waals surface area contributed by atoms with Gasteiger partial charge in [0.1, 0.15) is 0 Å². The molecular weight excluding hydrogens is 166 g/mol. The van der Waals surface area contributed by atoms with E-state index in [1.807, 2.05) is 0 Å². The molecule has 13 heavy (non-hydrogen) atoms. The number of likely N-dealkylation sites (tertiary alicyclic amines) is 1. The third kappa shape index (κ3) is 2.42. The van der Waals surface area contributed by atoms with Crippen LogP contribution in [0, 0.1) is 11.8 Å². The molecule has 76 valence electrons. The van der Waals surface area contributed by atoms with Gasteiger partial charge in [0.05, 0.1) is 6.61 Å². The molecule has 0 aliphatic carbocycles. The summed E-state index contributed by atoms with van der Waals surface area (Å²) in [5.74, 6) is 1.28. The van der Waals surface area contributed by atoms with Crippen molar-refractivity contribution in [3.05, 3.63) is 0 Å². The van der Waals surface area contributed by atoms with E-state index in [0.29, 0.717) is 12.5 Å². The fraction of sp³-hybridized carbons (Fsp3) is 1.00. The molecule has 2 atom stereocenters. The summed E-state index contributed by atoms with van der Waals surface area (Å²) in [4.78, 5) is 2.47. The number of aliphatic hydroxyl groups is 1.